The summed E-state index contributed by atoms with van der Waals surface area (Å²) in [5, 5.41) is 2.83. The minimum atomic E-state index is -0.329. The standard InChI is InChI=1S/C25H21N3O5/c1-31-18-9-6-16(7-10-18)20-13-25(30)28(21-5-3-2-4-19(21)27-20)14-24(29)26-17-8-11-22-23(12-17)33-15-32-22/h2-12H,13-15H2,1H3,(H,26,29). The Kier molecular flexibility index (Phi) is 5.40. The number of benzene rings is 3. The van der Waals surface area contributed by atoms with Gasteiger partial charge in [-0.15, -0.1) is 0 Å². The number of rotatable bonds is 5. The van der Waals surface area contributed by atoms with Crippen molar-refractivity contribution in [3.63, 3.8) is 0 Å². The highest BCUT2D eigenvalue weighted by Gasteiger charge is 2.27. The second-order valence-electron chi connectivity index (χ2n) is 7.55. The number of nitrogens with zero attached hydrogens (tertiary/aromatic N) is 2. The van der Waals surface area contributed by atoms with E-state index in [4.69, 9.17) is 19.2 Å². The molecule has 3 aromatic rings. The number of hydrogen-bond acceptors (Lipinski definition) is 6. The molecule has 166 valence electrons. The first kappa shape index (κ1) is 20.6. The molecule has 2 aliphatic rings. The fraction of sp³-hybridized carbons (Fsp3) is 0.160. The normalized spacial score (nSPS) is 14.3. The zero-order valence-corrected chi connectivity index (χ0v) is 17.9. The second kappa shape index (κ2) is 8.66. The first-order chi connectivity index (χ1) is 16.1. The van der Waals surface area contributed by atoms with E-state index in [0.717, 1.165) is 11.3 Å². The number of fused-ring (bicyclic) bond motifs is 2. The highest BCUT2D eigenvalue weighted by atomic mass is 16.7. The van der Waals surface area contributed by atoms with Gasteiger partial charge < -0.3 is 24.4 Å². The van der Waals surface area contributed by atoms with Gasteiger partial charge in [0.05, 0.1) is 30.6 Å². The quantitative estimate of drug-likeness (QED) is 0.646. The molecule has 0 unspecified atom stereocenters. The number of methoxy groups -OCH3 is 1. The number of aliphatic imine (C=N–C) groups is 1. The van der Waals surface area contributed by atoms with E-state index in [1.165, 1.54) is 4.90 Å². The summed E-state index contributed by atoms with van der Waals surface area (Å²) >= 11 is 0. The molecule has 2 aliphatic heterocycles. The predicted octanol–water partition coefficient (Wildman–Crippen LogP) is 3.92. The zero-order valence-electron chi connectivity index (χ0n) is 17.9. The Morgan fingerprint density at radius 2 is 1.85 bits per heavy atom. The van der Waals surface area contributed by atoms with Crippen molar-refractivity contribution in [1.82, 2.24) is 0 Å². The van der Waals surface area contributed by atoms with Gasteiger partial charge in [-0.25, -0.2) is 0 Å². The van der Waals surface area contributed by atoms with E-state index >= 15 is 0 Å². The number of carbonyl (C=O) groups is 2. The van der Waals surface area contributed by atoms with E-state index in [0.29, 0.717) is 34.3 Å². The number of nitrogens with one attached hydrogen (secondary N) is 1. The molecule has 0 spiro atoms. The molecule has 0 saturated heterocycles. The first-order valence-corrected chi connectivity index (χ1v) is 10.4. The van der Waals surface area contributed by atoms with Gasteiger partial charge in [0, 0.05) is 11.8 Å². The van der Waals surface area contributed by atoms with Gasteiger partial charge in [0.15, 0.2) is 11.5 Å². The van der Waals surface area contributed by atoms with E-state index in [-0.39, 0.29) is 31.6 Å². The molecule has 0 bridgehead atoms. The van der Waals surface area contributed by atoms with Crippen LogP contribution in [0.5, 0.6) is 17.2 Å². The minimum Gasteiger partial charge on any atom is -0.497 e. The van der Waals surface area contributed by atoms with Crippen LogP contribution in [0.15, 0.2) is 71.7 Å². The van der Waals surface area contributed by atoms with E-state index in [1.54, 1.807) is 31.4 Å². The Labute approximate surface area is 190 Å². The van der Waals surface area contributed by atoms with Crippen molar-refractivity contribution in [2.75, 3.05) is 30.7 Å². The van der Waals surface area contributed by atoms with E-state index in [9.17, 15) is 9.59 Å². The highest BCUT2D eigenvalue weighted by Crippen LogP contribution is 2.35. The average Bonchev–Trinajstić information content (AvgIpc) is 3.25. The van der Waals surface area contributed by atoms with Crippen LogP contribution < -0.4 is 24.4 Å². The molecule has 0 aliphatic carbocycles. The third-order valence-corrected chi connectivity index (χ3v) is 5.43. The van der Waals surface area contributed by atoms with Crippen molar-refractivity contribution in [3.05, 3.63) is 72.3 Å². The summed E-state index contributed by atoms with van der Waals surface area (Å²) in [7, 11) is 1.60. The number of para-hydroxylation sites is 2. The largest absolute Gasteiger partial charge is 0.497 e. The Balaban J connectivity index is 1.38. The van der Waals surface area contributed by atoms with Crippen LogP contribution in [0.1, 0.15) is 12.0 Å². The Morgan fingerprint density at radius 3 is 2.67 bits per heavy atom. The lowest BCUT2D eigenvalue weighted by Crippen LogP contribution is -2.38. The molecule has 3 aromatic carbocycles. The maximum Gasteiger partial charge on any atom is 0.244 e. The topological polar surface area (TPSA) is 89.5 Å². The maximum absolute atomic E-state index is 13.2. The van der Waals surface area contributed by atoms with Crippen molar-refractivity contribution < 1.29 is 23.8 Å². The fourth-order valence-electron chi connectivity index (χ4n) is 3.79. The predicted molar refractivity (Wildman–Crippen MR) is 124 cm³/mol. The number of anilines is 2. The van der Waals surface area contributed by atoms with Crippen LogP contribution in [0.25, 0.3) is 0 Å². The minimum absolute atomic E-state index is 0.0678. The first-order valence-electron chi connectivity index (χ1n) is 10.4. The van der Waals surface area contributed by atoms with Gasteiger partial charge in [0.1, 0.15) is 12.3 Å². The molecular formula is C25H21N3O5. The summed E-state index contributed by atoms with van der Waals surface area (Å²) < 4.78 is 15.9. The molecular weight excluding hydrogens is 422 g/mol. The van der Waals surface area contributed by atoms with Crippen LogP contribution in [0.3, 0.4) is 0 Å². The van der Waals surface area contributed by atoms with Crippen molar-refractivity contribution >= 4 is 34.6 Å². The summed E-state index contributed by atoms with van der Waals surface area (Å²) in [5.41, 5.74) is 3.24. The van der Waals surface area contributed by atoms with Crippen LogP contribution in [0.2, 0.25) is 0 Å². The second-order valence-corrected chi connectivity index (χ2v) is 7.55. The number of amides is 2. The maximum atomic E-state index is 13.2. The molecule has 0 aromatic heterocycles. The van der Waals surface area contributed by atoms with Gasteiger partial charge in [-0.05, 0) is 54.1 Å². The lowest BCUT2D eigenvalue weighted by atomic mass is 10.1. The van der Waals surface area contributed by atoms with Crippen molar-refractivity contribution in [2.24, 2.45) is 4.99 Å². The van der Waals surface area contributed by atoms with Gasteiger partial charge >= 0.3 is 0 Å². The third-order valence-electron chi connectivity index (χ3n) is 5.43. The molecule has 8 heteroatoms. The molecule has 1 N–H and O–H groups in total. The van der Waals surface area contributed by atoms with E-state index in [1.807, 2.05) is 42.5 Å². The fourth-order valence-corrected chi connectivity index (χ4v) is 3.79. The molecule has 0 saturated carbocycles. The van der Waals surface area contributed by atoms with Crippen LogP contribution in [0.4, 0.5) is 17.1 Å². The summed E-state index contributed by atoms with van der Waals surface area (Å²) in [6.07, 6.45) is 0.0678. The molecule has 0 atom stereocenters. The lowest BCUT2D eigenvalue weighted by Gasteiger charge is -2.22. The van der Waals surface area contributed by atoms with Gasteiger partial charge in [-0.1, -0.05) is 12.1 Å². The van der Waals surface area contributed by atoms with Crippen LogP contribution in [-0.2, 0) is 9.59 Å². The average molecular weight is 443 g/mol. The molecule has 2 amide bonds. The van der Waals surface area contributed by atoms with Gasteiger partial charge in [0.2, 0.25) is 18.6 Å². The molecule has 33 heavy (non-hydrogen) atoms. The SMILES string of the molecule is COc1ccc(C2=Nc3ccccc3N(CC(=O)Nc3ccc4c(c3)OCO4)C(=O)C2)cc1. The lowest BCUT2D eigenvalue weighted by molar-refractivity contribution is -0.120. The van der Waals surface area contributed by atoms with Crippen LogP contribution >= 0.6 is 0 Å². The molecule has 2 heterocycles. The van der Waals surface area contributed by atoms with Crippen molar-refractivity contribution in [2.45, 2.75) is 6.42 Å². The van der Waals surface area contributed by atoms with Crippen LogP contribution in [0, 0.1) is 0 Å². The summed E-state index contributed by atoms with van der Waals surface area (Å²) in [6.45, 7) is 0.0119. The Bertz CT molecular complexity index is 1250. The van der Waals surface area contributed by atoms with Crippen LogP contribution in [-0.4, -0.2) is 38.0 Å². The van der Waals surface area contributed by atoms with Crippen molar-refractivity contribution in [1.29, 1.82) is 0 Å². The zero-order chi connectivity index (χ0) is 22.8. The number of hydrogen-bond donors (Lipinski definition) is 1. The summed E-state index contributed by atoms with van der Waals surface area (Å²) in [6, 6.07) is 19.9. The molecule has 0 radical (unpaired) electrons. The Hall–Kier alpha value is -4.33. The Morgan fingerprint density at radius 1 is 1.06 bits per heavy atom. The number of ether oxygens (including phenoxy) is 3. The number of carbonyl (C=O) groups excluding carboxylic acids is 2. The van der Waals surface area contributed by atoms with Gasteiger partial charge in [0.25, 0.3) is 0 Å². The summed E-state index contributed by atoms with van der Waals surface area (Å²) in [4.78, 5) is 32.3. The van der Waals surface area contributed by atoms with E-state index < -0.39 is 0 Å². The van der Waals surface area contributed by atoms with Gasteiger partial charge in [-0.2, -0.15) is 0 Å². The van der Waals surface area contributed by atoms with Crippen molar-refractivity contribution in [3.8, 4) is 17.2 Å². The molecule has 0 fully saturated rings. The summed E-state index contributed by atoms with van der Waals surface area (Å²) in [5.74, 6) is 1.39. The molecule has 5 rings (SSSR count). The van der Waals surface area contributed by atoms with E-state index in [2.05, 4.69) is 5.32 Å². The smallest absolute Gasteiger partial charge is 0.244 e. The highest BCUT2D eigenvalue weighted by molar-refractivity contribution is 6.19. The molecule has 8 nitrogen and oxygen atoms in total. The third kappa shape index (κ3) is 4.23. The van der Waals surface area contributed by atoms with Gasteiger partial charge in [-0.3, -0.25) is 14.6 Å². The monoisotopic (exact) mass is 443 g/mol.